The minimum Gasteiger partial charge on any atom is -0.493 e. The van der Waals surface area contributed by atoms with Crippen molar-refractivity contribution in [1.29, 1.82) is 0 Å². The van der Waals surface area contributed by atoms with Crippen LogP contribution in [0, 0.1) is 0 Å². The van der Waals surface area contributed by atoms with Crippen molar-refractivity contribution >= 4 is 11.9 Å². The largest absolute Gasteiger partial charge is 0.493 e. The number of carbonyl (C=O) groups is 2. The Morgan fingerprint density at radius 3 is 2.60 bits per heavy atom. The van der Waals surface area contributed by atoms with Crippen molar-refractivity contribution in [2.45, 2.75) is 64.0 Å². The summed E-state index contributed by atoms with van der Waals surface area (Å²) in [6, 6.07) is 4.05. The van der Waals surface area contributed by atoms with E-state index >= 15 is 0 Å². The predicted octanol–water partition coefficient (Wildman–Crippen LogP) is 3.39. The first kappa shape index (κ1) is 19.1. The summed E-state index contributed by atoms with van der Waals surface area (Å²) in [6.45, 7) is 1.98. The fourth-order valence-electron chi connectivity index (χ4n) is 3.00. The van der Waals surface area contributed by atoms with E-state index < -0.39 is 17.9 Å². The molecule has 0 spiro atoms. The minimum absolute atomic E-state index is 0.142. The molecule has 2 rings (SSSR count). The van der Waals surface area contributed by atoms with E-state index in [0.29, 0.717) is 23.5 Å². The highest BCUT2D eigenvalue weighted by Gasteiger charge is 2.22. The molecule has 25 heavy (non-hydrogen) atoms. The number of unbranched alkanes of at least 4 members (excludes halogenated alkanes) is 1. The van der Waals surface area contributed by atoms with Crippen LogP contribution in [0.3, 0.4) is 0 Å². The highest BCUT2D eigenvalue weighted by molar-refractivity contribution is 5.97. The summed E-state index contributed by atoms with van der Waals surface area (Å²) in [6.07, 6.45) is 6.46. The Balaban J connectivity index is 2.11. The Kier molecular flexibility index (Phi) is 7.10. The van der Waals surface area contributed by atoms with Gasteiger partial charge in [0.15, 0.2) is 11.5 Å². The molecule has 0 unspecified atom stereocenters. The Labute approximate surface area is 148 Å². The van der Waals surface area contributed by atoms with Gasteiger partial charge in [-0.1, -0.05) is 19.8 Å². The number of carboxylic acid groups (broad SMARTS) is 1. The van der Waals surface area contributed by atoms with Gasteiger partial charge in [-0.15, -0.1) is 0 Å². The van der Waals surface area contributed by atoms with Crippen LogP contribution in [0.5, 0.6) is 11.5 Å². The second kappa shape index (κ2) is 9.30. The fraction of sp³-hybridized carbons (Fsp3) is 0.579. The van der Waals surface area contributed by atoms with Gasteiger partial charge in [-0.05, 0) is 50.3 Å². The van der Waals surface area contributed by atoms with Gasteiger partial charge >= 0.3 is 5.97 Å². The first-order valence-corrected chi connectivity index (χ1v) is 8.93. The van der Waals surface area contributed by atoms with Gasteiger partial charge in [0.05, 0.1) is 13.2 Å². The molecule has 0 aromatic heterocycles. The number of nitrogens with one attached hydrogen (secondary N) is 1. The third kappa shape index (κ3) is 5.37. The molecule has 2 N–H and O–H groups in total. The zero-order chi connectivity index (χ0) is 18.2. The van der Waals surface area contributed by atoms with Crippen molar-refractivity contribution in [3.63, 3.8) is 0 Å². The van der Waals surface area contributed by atoms with E-state index in [1.807, 2.05) is 6.92 Å². The number of carbonyl (C=O) groups excluding carboxylic acids is 1. The molecule has 0 heterocycles. The lowest BCUT2D eigenvalue weighted by Gasteiger charge is -2.18. The van der Waals surface area contributed by atoms with Crippen molar-refractivity contribution < 1.29 is 24.2 Å². The van der Waals surface area contributed by atoms with Gasteiger partial charge in [0, 0.05) is 5.56 Å². The Hall–Kier alpha value is -2.24. The zero-order valence-electron chi connectivity index (χ0n) is 14.9. The second-order valence-corrected chi connectivity index (χ2v) is 6.40. The number of hydrogen-bond donors (Lipinski definition) is 2. The molecule has 1 aromatic rings. The van der Waals surface area contributed by atoms with E-state index in [1.54, 1.807) is 25.3 Å². The number of methoxy groups -OCH3 is 1. The highest BCUT2D eigenvalue weighted by Crippen LogP contribution is 2.32. The molecule has 1 atom stereocenters. The molecule has 1 saturated carbocycles. The maximum Gasteiger partial charge on any atom is 0.326 e. The molecule has 1 aromatic carbocycles. The minimum atomic E-state index is -1.02. The maximum absolute atomic E-state index is 12.4. The maximum atomic E-state index is 12.4. The summed E-state index contributed by atoms with van der Waals surface area (Å²) in [4.78, 5) is 23.8. The smallest absolute Gasteiger partial charge is 0.326 e. The molecule has 1 amide bonds. The summed E-state index contributed by atoms with van der Waals surface area (Å²) in [7, 11) is 1.56. The lowest BCUT2D eigenvalue weighted by molar-refractivity contribution is -0.139. The summed E-state index contributed by atoms with van der Waals surface area (Å²) < 4.78 is 11.3. The van der Waals surface area contributed by atoms with E-state index in [4.69, 9.17) is 9.47 Å². The van der Waals surface area contributed by atoms with Crippen LogP contribution in [0.25, 0.3) is 0 Å². The van der Waals surface area contributed by atoms with Gasteiger partial charge in [0.25, 0.3) is 5.91 Å². The van der Waals surface area contributed by atoms with Gasteiger partial charge in [-0.25, -0.2) is 4.79 Å². The molecule has 1 aliphatic carbocycles. The van der Waals surface area contributed by atoms with E-state index in [-0.39, 0.29) is 6.10 Å². The summed E-state index contributed by atoms with van der Waals surface area (Å²) >= 11 is 0. The molecular weight excluding hydrogens is 322 g/mol. The van der Waals surface area contributed by atoms with Crippen LogP contribution in [0.2, 0.25) is 0 Å². The number of benzene rings is 1. The second-order valence-electron chi connectivity index (χ2n) is 6.40. The lowest BCUT2D eigenvalue weighted by Crippen LogP contribution is -2.40. The predicted molar refractivity (Wildman–Crippen MR) is 94.3 cm³/mol. The summed E-state index contributed by atoms with van der Waals surface area (Å²) in [5.41, 5.74) is 0.372. The molecular formula is C19H27NO5. The first-order valence-electron chi connectivity index (χ1n) is 8.93. The molecule has 0 saturated heterocycles. The van der Waals surface area contributed by atoms with Crippen LogP contribution in [-0.2, 0) is 4.79 Å². The number of carboxylic acids is 1. The van der Waals surface area contributed by atoms with Crippen LogP contribution in [-0.4, -0.2) is 36.2 Å². The first-order chi connectivity index (χ1) is 12.0. The fourth-order valence-corrected chi connectivity index (χ4v) is 3.00. The van der Waals surface area contributed by atoms with Crippen molar-refractivity contribution in [3.8, 4) is 11.5 Å². The Morgan fingerprint density at radius 2 is 2.00 bits per heavy atom. The molecule has 1 aliphatic rings. The van der Waals surface area contributed by atoms with Crippen LogP contribution >= 0.6 is 0 Å². The highest BCUT2D eigenvalue weighted by atomic mass is 16.5. The van der Waals surface area contributed by atoms with Crippen LogP contribution in [0.4, 0.5) is 0 Å². The topological polar surface area (TPSA) is 84.9 Å². The van der Waals surface area contributed by atoms with Crippen LogP contribution in [0.15, 0.2) is 18.2 Å². The van der Waals surface area contributed by atoms with Gasteiger partial charge < -0.3 is 19.9 Å². The normalized spacial score (nSPS) is 15.6. The quantitative estimate of drug-likeness (QED) is 0.714. The van der Waals surface area contributed by atoms with Gasteiger partial charge in [0.2, 0.25) is 0 Å². The van der Waals surface area contributed by atoms with Crippen molar-refractivity contribution in [2.24, 2.45) is 0 Å². The molecule has 1 fully saturated rings. The average molecular weight is 349 g/mol. The van der Waals surface area contributed by atoms with Gasteiger partial charge in [-0.2, -0.15) is 0 Å². The molecule has 138 valence electrons. The number of amides is 1. The number of ether oxygens (including phenoxy) is 2. The number of hydrogen-bond acceptors (Lipinski definition) is 4. The van der Waals surface area contributed by atoms with Crippen molar-refractivity contribution in [3.05, 3.63) is 23.8 Å². The molecule has 6 heteroatoms. The Bertz CT molecular complexity index is 595. The monoisotopic (exact) mass is 349 g/mol. The lowest BCUT2D eigenvalue weighted by atomic mass is 10.1. The third-order valence-corrected chi connectivity index (χ3v) is 4.47. The van der Waals surface area contributed by atoms with E-state index in [2.05, 4.69) is 5.32 Å². The van der Waals surface area contributed by atoms with Gasteiger partial charge in [0.1, 0.15) is 6.04 Å². The van der Waals surface area contributed by atoms with E-state index in [0.717, 1.165) is 38.5 Å². The number of aliphatic carboxylic acids is 1. The van der Waals surface area contributed by atoms with Crippen molar-refractivity contribution in [1.82, 2.24) is 5.32 Å². The van der Waals surface area contributed by atoms with Crippen molar-refractivity contribution in [2.75, 3.05) is 7.11 Å². The van der Waals surface area contributed by atoms with Crippen LogP contribution < -0.4 is 14.8 Å². The molecule has 0 bridgehead atoms. The number of rotatable bonds is 9. The molecule has 6 nitrogen and oxygen atoms in total. The van der Waals surface area contributed by atoms with E-state index in [9.17, 15) is 14.7 Å². The third-order valence-electron chi connectivity index (χ3n) is 4.47. The SMILES string of the molecule is CCCC[C@H](NC(=O)c1ccc(OC)c(OC2CCCC2)c1)C(=O)O. The zero-order valence-corrected chi connectivity index (χ0v) is 14.9. The van der Waals surface area contributed by atoms with E-state index in [1.165, 1.54) is 0 Å². The molecule has 0 aliphatic heterocycles. The summed E-state index contributed by atoms with van der Waals surface area (Å²) in [5, 5.41) is 11.9. The summed E-state index contributed by atoms with van der Waals surface area (Å²) in [5.74, 6) is -0.327. The molecule has 0 radical (unpaired) electrons. The van der Waals surface area contributed by atoms with Crippen LogP contribution in [0.1, 0.15) is 62.2 Å². The standard InChI is InChI=1S/C19H27NO5/c1-3-4-9-15(19(22)23)20-18(21)13-10-11-16(24-2)17(12-13)25-14-7-5-6-8-14/h10-12,14-15H,3-9H2,1-2H3,(H,20,21)(H,22,23)/t15-/m0/s1. The van der Waals surface area contributed by atoms with Gasteiger partial charge in [-0.3, -0.25) is 4.79 Å². The average Bonchev–Trinajstić information content (AvgIpc) is 3.11. The Morgan fingerprint density at radius 1 is 1.28 bits per heavy atom.